The van der Waals surface area contributed by atoms with Crippen molar-refractivity contribution in [3.05, 3.63) is 59.7 Å². The zero-order valence-electron chi connectivity index (χ0n) is 18.6. The van der Waals surface area contributed by atoms with Crippen LogP contribution in [0.3, 0.4) is 0 Å². The van der Waals surface area contributed by atoms with Crippen LogP contribution in [0.25, 0.3) is 11.3 Å². The molecule has 4 rings (SSSR count). The van der Waals surface area contributed by atoms with Gasteiger partial charge in [0.05, 0.1) is 17.9 Å². The molecule has 192 valence electrons. The Balaban J connectivity index is 1.61. The molecule has 1 saturated heterocycles. The summed E-state index contributed by atoms with van der Waals surface area (Å²) in [5.74, 6) is -7.37. The number of pyridine rings is 1. The van der Waals surface area contributed by atoms with Crippen LogP contribution < -0.4 is 15.4 Å². The third kappa shape index (κ3) is 6.06. The van der Waals surface area contributed by atoms with Gasteiger partial charge in [-0.15, -0.1) is 0 Å². The average molecular weight is 528 g/mol. The van der Waals surface area contributed by atoms with Gasteiger partial charge in [0.2, 0.25) is 17.6 Å². The van der Waals surface area contributed by atoms with Gasteiger partial charge in [0.25, 0.3) is 10.1 Å². The zero-order valence-corrected chi connectivity index (χ0v) is 19.4. The molecule has 9 nitrogen and oxygen atoms in total. The standard InChI is InChI=1S/C22H21F4N5O4S/c23-8-12-6-13(10-27-9-12)30-22-29-5-3-17(31-22)14-2-1-4-28-21(14)35-18-7-16(24)15(11-36(32,33)34)19(25)20(18)26/h1-5,7,12-13,27H,6,8-11H2,(H,29,30,31)(H,32,33,34). The molecule has 0 saturated carbocycles. The Morgan fingerprint density at radius 3 is 2.69 bits per heavy atom. The van der Waals surface area contributed by atoms with Crippen LogP contribution in [0.5, 0.6) is 11.6 Å². The summed E-state index contributed by atoms with van der Waals surface area (Å²) in [6.45, 7) is 0.729. The van der Waals surface area contributed by atoms with Gasteiger partial charge >= 0.3 is 0 Å². The smallest absolute Gasteiger partial charge is 0.269 e. The van der Waals surface area contributed by atoms with Crippen molar-refractivity contribution in [1.29, 1.82) is 0 Å². The second-order valence-corrected chi connectivity index (χ2v) is 9.62. The molecule has 1 aliphatic rings. The summed E-state index contributed by atoms with van der Waals surface area (Å²) in [6.07, 6.45) is 3.35. The lowest BCUT2D eigenvalue weighted by Crippen LogP contribution is -2.44. The van der Waals surface area contributed by atoms with Gasteiger partial charge in [-0.3, -0.25) is 8.94 Å². The Morgan fingerprint density at radius 2 is 1.94 bits per heavy atom. The van der Waals surface area contributed by atoms with E-state index >= 15 is 0 Å². The van der Waals surface area contributed by atoms with E-state index in [1.54, 1.807) is 6.07 Å². The first-order valence-corrected chi connectivity index (χ1v) is 12.4. The fraction of sp³-hybridized carbons (Fsp3) is 0.318. The number of nitrogens with one attached hydrogen (secondary N) is 2. The number of halogens is 4. The number of hydrogen-bond acceptors (Lipinski definition) is 8. The molecule has 14 heteroatoms. The van der Waals surface area contributed by atoms with Crippen LogP contribution in [0, 0.1) is 23.4 Å². The lowest BCUT2D eigenvalue weighted by molar-refractivity contribution is 0.282. The van der Waals surface area contributed by atoms with Gasteiger partial charge in [0.1, 0.15) is 11.6 Å². The lowest BCUT2D eigenvalue weighted by Gasteiger charge is -2.29. The van der Waals surface area contributed by atoms with Crippen LogP contribution in [-0.2, 0) is 15.9 Å². The van der Waals surface area contributed by atoms with Gasteiger partial charge in [0, 0.05) is 49.1 Å². The maximum Gasteiger partial charge on any atom is 0.269 e. The molecule has 0 spiro atoms. The van der Waals surface area contributed by atoms with Crippen LogP contribution >= 0.6 is 0 Å². The highest BCUT2D eigenvalue weighted by Gasteiger charge is 2.25. The van der Waals surface area contributed by atoms with E-state index in [0.29, 0.717) is 31.3 Å². The molecule has 2 unspecified atom stereocenters. The summed E-state index contributed by atoms with van der Waals surface area (Å²) < 4.78 is 92.5. The molecule has 3 aromatic rings. The minimum atomic E-state index is -4.82. The van der Waals surface area contributed by atoms with E-state index in [-0.39, 0.29) is 29.4 Å². The number of nitrogens with zero attached hydrogens (tertiary/aromatic N) is 3. The van der Waals surface area contributed by atoms with E-state index in [4.69, 9.17) is 9.29 Å². The lowest BCUT2D eigenvalue weighted by atomic mass is 9.97. The van der Waals surface area contributed by atoms with Crippen molar-refractivity contribution >= 4 is 16.1 Å². The quantitative estimate of drug-likeness (QED) is 0.229. The highest BCUT2D eigenvalue weighted by atomic mass is 32.2. The number of anilines is 1. The summed E-state index contributed by atoms with van der Waals surface area (Å²) in [5.41, 5.74) is -0.623. The number of ether oxygens (including phenoxy) is 1. The van der Waals surface area contributed by atoms with E-state index in [1.807, 2.05) is 0 Å². The largest absolute Gasteiger partial charge is 0.435 e. The molecule has 1 aromatic carbocycles. The molecule has 2 atom stereocenters. The maximum absolute atomic E-state index is 14.6. The van der Waals surface area contributed by atoms with Gasteiger partial charge in [-0.05, 0) is 24.6 Å². The van der Waals surface area contributed by atoms with Crippen molar-refractivity contribution < 1.29 is 35.3 Å². The maximum atomic E-state index is 14.6. The summed E-state index contributed by atoms with van der Waals surface area (Å²) in [6, 6.07) is 4.95. The van der Waals surface area contributed by atoms with Crippen LogP contribution in [0.1, 0.15) is 12.0 Å². The van der Waals surface area contributed by atoms with Crippen LogP contribution in [0.15, 0.2) is 36.7 Å². The molecule has 0 aliphatic carbocycles. The summed E-state index contributed by atoms with van der Waals surface area (Å²) in [4.78, 5) is 12.6. The minimum Gasteiger partial charge on any atom is -0.435 e. The van der Waals surface area contributed by atoms with Crippen LogP contribution in [0.2, 0.25) is 0 Å². The van der Waals surface area contributed by atoms with Crippen molar-refractivity contribution in [3.63, 3.8) is 0 Å². The number of benzene rings is 1. The van der Waals surface area contributed by atoms with Crippen molar-refractivity contribution in [3.8, 4) is 22.9 Å². The first-order valence-electron chi connectivity index (χ1n) is 10.8. The molecule has 3 N–H and O–H groups in total. The number of aromatic nitrogens is 3. The Kier molecular flexibility index (Phi) is 7.66. The molecular formula is C22H21F4N5O4S. The van der Waals surface area contributed by atoms with E-state index in [1.165, 1.54) is 24.5 Å². The van der Waals surface area contributed by atoms with Crippen molar-refractivity contribution in [2.24, 2.45) is 5.92 Å². The minimum absolute atomic E-state index is 0.110. The SMILES string of the molecule is O=S(=O)(O)Cc1c(F)cc(Oc2ncccc2-c2ccnc(NC3CNCC(CF)C3)n2)c(F)c1F. The second-order valence-electron chi connectivity index (χ2n) is 8.17. The zero-order chi connectivity index (χ0) is 25.9. The predicted molar refractivity (Wildman–Crippen MR) is 121 cm³/mol. The summed E-state index contributed by atoms with van der Waals surface area (Å²) >= 11 is 0. The number of hydrogen-bond donors (Lipinski definition) is 3. The molecule has 2 aromatic heterocycles. The molecule has 1 fully saturated rings. The molecule has 0 amide bonds. The van der Waals surface area contributed by atoms with Gasteiger partial charge in [0.15, 0.2) is 11.6 Å². The van der Waals surface area contributed by atoms with Gasteiger partial charge in [-0.2, -0.15) is 12.8 Å². The van der Waals surface area contributed by atoms with Crippen LogP contribution in [0.4, 0.5) is 23.5 Å². The van der Waals surface area contributed by atoms with Gasteiger partial charge in [-0.25, -0.2) is 23.7 Å². The van der Waals surface area contributed by atoms with Crippen molar-refractivity contribution in [2.75, 3.05) is 25.1 Å². The van der Waals surface area contributed by atoms with E-state index in [9.17, 15) is 26.0 Å². The number of alkyl halides is 1. The van der Waals surface area contributed by atoms with Gasteiger partial charge < -0.3 is 15.4 Å². The predicted octanol–water partition coefficient (Wildman–Crippen LogP) is 3.50. The molecular weight excluding hydrogens is 506 g/mol. The van der Waals surface area contributed by atoms with Crippen molar-refractivity contribution in [2.45, 2.75) is 18.2 Å². The third-order valence-electron chi connectivity index (χ3n) is 5.45. The number of piperidine rings is 1. The molecule has 3 heterocycles. The fourth-order valence-corrected chi connectivity index (χ4v) is 4.42. The van der Waals surface area contributed by atoms with E-state index in [0.717, 1.165) is 0 Å². The Morgan fingerprint density at radius 1 is 1.14 bits per heavy atom. The van der Waals surface area contributed by atoms with E-state index < -0.39 is 51.3 Å². The highest BCUT2D eigenvalue weighted by molar-refractivity contribution is 7.85. The average Bonchev–Trinajstić information content (AvgIpc) is 2.85. The molecule has 0 radical (unpaired) electrons. The third-order valence-corrected chi connectivity index (χ3v) is 6.10. The molecule has 1 aliphatic heterocycles. The van der Waals surface area contributed by atoms with Gasteiger partial charge in [-0.1, -0.05) is 0 Å². The topological polar surface area (TPSA) is 126 Å². The summed E-state index contributed by atoms with van der Waals surface area (Å²) in [5, 5.41) is 6.27. The fourth-order valence-electron chi connectivity index (χ4n) is 3.79. The Bertz CT molecular complexity index is 1360. The second kappa shape index (κ2) is 10.7. The first-order chi connectivity index (χ1) is 17.1. The molecule has 0 bridgehead atoms. The Hall–Kier alpha value is -3.36. The monoisotopic (exact) mass is 527 g/mol. The normalized spacial score (nSPS) is 18.1. The van der Waals surface area contributed by atoms with E-state index in [2.05, 4.69) is 25.6 Å². The van der Waals surface area contributed by atoms with Crippen LogP contribution in [-0.4, -0.2) is 53.7 Å². The first kappa shape index (κ1) is 25.7. The highest BCUT2D eigenvalue weighted by Crippen LogP contribution is 2.34. The molecule has 36 heavy (non-hydrogen) atoms. The van der Waals surface area contributed by atoms with Crippen molar-refractivity contribution in [1.82, 2.24) is 20.3 Å². The Labute approximate surface area is 203 Å². The summed E-state index contributed by atoms with van der Waals surface area (Å²) in [7, 11) is -4.82. The number of rotatable bonds is 8.